The van der Waals surface area contributed by atoms with Gasteiger partial charge in [-0.2, -0.15) is 0 Å². The molecule has 1 saturated carbocycles. The fourth-order valence-corrected chi connectivity index (χ4v) is 6.98. The molecule has 1 aromatic rings. The van der Waals surface area contributed by atoms with Crippen molar-refractivity contribution in [2.75, 3.05) is 25.6 Å². The van der Waals surface area contributed by atoms with Gasteiger partial charge in [-0.05, 0) is 61.8 Å². The molecule has 2 N–H and O–H groups in total. The molecule has 206 valence electrons. The fraction of sp³-hybridized carbons (Fsp3) is 0.633. The first-order chi connectivity index (χ1) is 18.2. The number of amides is 3. The number of fused-ring (bicyclic) bond motifs is 1. The summed E-state index contributed by atoms with van der Waals surface area (Å²) in [5, 5.41) is 6.30. The molecule has 5 rings (SSSR count). The Kier molecular flexibility index (Phi) is 7.40. The van der Waals surface area contributed by atoms with Crippen LogP contribution in [0, 0.1) is 37.5 Å². The highest BCUT2D eigenvalue weighted by Crippen LogP contribution is 2.55. The minimum atomic E-state index is -1.15. The highest BCUT2D eigenvalue weighted by Gasteiger charge is 2.72. The minimum absolute atomic E-state index is 0.0593. The summed E-state index contributed by atoms with van der Waals surface area (Å²) in [6.07, 6.45) is 6.95. The fourth-order valence-electron chi connectivity index (χ4n) is 6.98. The van der Waals surface area contributed by atoms with Gasteiger partial charge in [-0.1, -0.05) is 44.9 Å². The quantitative estimate of drug-likeness (QED) is 0.402. The number of likely N-dealkylation sites (tertiary alicyclic amines) is 1. The second-order valence-corrected chi connectivity index (χ2v) is 11.7. The van der Waals surface area contributed by atoms with Crippen molar-refractivity contribution in [3.05, 3.63) is 41.5 Å². The number of carbonyl (C=O) groups excluding carboxylic acids is 3. The molecule has 1 spiro atoms. The molecule has 4 aliphatic rings. The smallest absolute Gasteiger partial charge is 0.246 e. The van der Waals surface area contributed by atoms with Crippen LogP contribution in [0.3, 0.4) is 0 Å². The molecule has 3 aliphatic heterocycles. The number of anilines is 1. The molecule has 8 atom stereocenters. The highest BCUT2D eigenvalue weighted by atomic mass is 16.5. The summed E-state index contributed by atoms with van der Waals surface area (Å²) in [6.45, 7) is 9.29. The Balaban J connectivity index is 1.42. The molecule has 3 fully saturated rings. The summed E-state index contributed by atoms with van der Waals surface area (Å²) in [5.41, 5.74) is 1.76. The summed E-state index contributed by atoms with van der Waals surface area (Å²) in [4.78, 5) is 43.2. The molecule has 1 aromatic carbocycles. The van der Waals surface area contributed by atoms with E-state index in [1.165, 1.54) is 0 Å². The van der Waals surface area contributed by atoms with Crippen LogP contribution in [0.25, 0.3) is 0 Å². The van der Waals surface area contributed by atoms with E-state index in [0.717, 1.165) is 30.4 Å². The molecule has 38 heavy (non-hydrogen) atoms. The number of hydrogen-bond donors (Lipinski definition) is 2. The van der Waals surface area contributed by atoms with Crippen LogP contribution < -0.4 is 10.6 Å². The van der Waals surface area contributed by atoms with Crippen molar-refractivity contribution in [2.24, 2.45) is 23.7 Å². The minimum Gasteiger partial charge on any atom is -0.385 e. The Labute approximate surface area is 225 Å². The molecule has 2 saturated heterocycles. The van der Waals surface area contributed by atoms with Crippen molar-refractivity contribution in [3.8, 4) is 0 Å². The van der Waals surface area contributed by atoms with Gasteiger partial charge in [0.15, 0.2) is 0 Å². The van der Waals surface area contributed by atoms with Gasteiger partial charge in [0.25, 0.3) is 0 Å². The summed E-state index contributed by atoms with van der Waals surface area (Å²) in [5.74, 6) is -1.21. The molecule has 3 heterocycles. The number of nitrogens with zero attached hydrogens (tertiary/aromatic N) is 1. The first kappa shape index (κ1) is 26.9. The molecule has 0 aromatic heterocycles. The maximum Gasteiger partial charge on any atom is 0.246 e. The Hall–Kier alpha value is -2.71. The number of methoxy groups -OCH3 is 1. The average Bonchev–Trinajstić information content (AvgIpc) is 3.52. The van der Waals surface area contributed by atoms with E-state index < -0.39 is 29.6 Å². The van der Waals surface area contributed by atoms with Crippen LogP contribution in [0.5, 0.6) is 0 Å². The van der Waals surface area contributed by atoms with Gasteiger partial charge in [0.05, 0.1) is 17.9 Å². The molecule has 3 amide bonds. The molecule has 8 nitrogen and oxygen atoms in total. The van der Waals surface area contributed by atoms with Crippen molar-refractivity contribution >= 4 is 23.4 Å². The van der Waals surface area contributed by atoms with Gasteiger partial charge < -0.3 is 25.0 Å². The first-order valence-corrected chi connectivity index (χ1v) is 14.0. The van der Waals surface area contributed by atoms with Crippen LogP contribution in [0.2, 0.25) is 0 Å². The third kappa shape index (κ3) is 4.45. The van der Waals surface area contributed by atoms with Crippen LogP contribution >= 0.6 is 0 Å². The largest absolute Gasteiger partial charge is 0.385 e. The average molecular weight is 524 g/mol. The second-order valence-electron chi connectivity index (χ2n) is 11.7. The van der Waals surface area contributed by atoms with Crippen LogP contribution in [-0.4, -0.2) is 66.7 Å². The van der Waals surface area contributed by atoms with Gasteiger partial charge in [-0.3, -0.25) is 14.4 Å². The number of rotatable bonds is 8. The van der Waals surface area contributed by atoms with Crippen LogP contribution in [0.4, 0.5) is 5.69 Å². The lowest BCUT2D eigenvalue weighted by atomic mass is 9.73. The Bertz CT molecular complexity index is 1130. The first-order valence-electron chi connectivity index (χ1n) is 14.0. The van der Waals surface area contributed by atoms with E-state index in [0.29, 0.717) is 37.1 Å². The standard InChI is InChI=1S/C30H41N3O5/c1-17-10-11-21(16-19(17)3)31-27(34)24-23-12-13-30(38-23)25(24)29(36)33(14-7-15-37-5)26(30)28(35)32-22-9-6-8-18(2)20(22)4/h10-13,16,18,20,22-26H,6-9,14-15H2,1-5H3,(H,31,34)(H,32,35). The van der Waals surface area contributed by atoms with E-state index in [1.807, 2.05) is 44.2 Å². The van der Waals surface area contributed by atoms with Gasteiger partial charge in [0.2, 0.25) is 17.7 Å². The normalized spacial score (nSPS) is 35.4. The number of hydrogen-bond acceptors (Lipinski definition) is 5. The third-order valence-electron chi connectivity index (χ3n) is 9.48. The number of benzene rings is 1. The van der Waals surface area contributed by atoms with Crippen LogP contribution in [0.1, 0.15) is 50.7 Å². The lowest BCUT2D eigenvalue weighted by Gasteiger charge is -2.38. The predicted molar refractivity (Wildman–Crippen MR) is 144 cm³/mol. The molecule has 8 heteroatoms. The lowest BCUT2D eigenvalue weighted by molar-refractivity contribution is -0.141. The zero-order chi connectivity index (χ0) is 27.2. The van der Waals surface area contributed by atoms with E-state index in [4.69, 9.17) is 9.47 Å². The molecule has 8 unspecified atom stereocenters. The summed E-state index contributed by atoms with van der Waals surface area (Å²) in [6, 6.07) is 5.01. The lowest BCUT2D eigenvalue weighted by Crippen LogP contribution is -2.58. The maximum atomic E-state index is 14.0. The van der Waals surface area contributed by atoms with Gasteiger partial charge in [-0.25, -0.2) is 0 Å². The van der Waals surface area contributed by atoms with Crippen molar-refractivity contribution in [2.45, 2.75) is 77.2 Å². The van der Waals surface area contributed by atoms with Crippen molar-refractivity contribution in [1.29, 1.82) is 0 Å². The van der Waals surface area contributed by atoms with Gasteiger partial charge in [0, 0.05) is 32.0 Å². The van der Waals surface area contributed by atoms with Crippen molar-refractivity contribution in [1.82, 2.24) is 10.2 Å². The summed E-state index contributed by atoms with van der Waals surface area (Å²) in [7, 11) is 1.62. The monoisotopic (exact) mass is 523 g/mol. The zero-order valence-corrected chi connectivity index (χ0v) is 23.2. The third-order valence-corrected chi connectivity index (χ3v) is 9.48. The molecular formula is C30H41N3O5. The Morgan fingerprint density at radius 3 is 2.68 bits per heavy atom. The molecular weight excluding hydrogens is 482 g/mol. The van der Waals surface area contributed by atoms with Gasteiger partial charge in [0.1, 0.15) is 11.6 Å². The van der Waals surface area contributed by atoms with Crippen LogP contribution in [-0.2, 0) is 23.9 Å². The Morgan fingerprint density at radius 1 is 1.16 bits per heavy atom. The molecule has 0 radical (unpaired) electrons. The Morgan fingerprint density at radius 2 is 1.95 bits per heavy atom. The number of nitrogens with one attached hydrogen (secondary N) is 2. The van der Waals surface area contributed by atoms with Crippen LogP contribution in [0.15, 0.2) is 30.4 Å². The molecule has 2 bridgehead atoms. The van der Waals surface area contributed by atoms with Crippen molar-refractivity contribution in [3.63, 3.8) is 0 Å². The molecule has 1 aliphatic carbocycles. The summed E-state index contributed by atoms with van der Waals surface area (Å²) >= 11 is 0. The van der Waals surface area contributed by atoms with E-state index in [2.05, 4.69) is 24.5 Å². The van der Waals surface area contributed by atoms with Crippen molar-refractivity contribution < 1.29 is 23.9 Å². The number of ether oxygens (including phenoxy) is 2. The highest BCUT2D eigenvalue weighted by molar-refractivity contribution is 6.02. The van der Waals surface area contributed by atoms with E-state index >= 15 is 0 Å². The van der Waals surface area contributed by atoms with E-state index in [9.17, 15) is 14.4 Å². The number of carbonyl (C=O) groups is 3. The topological polar surface area (TPSA) is 97.0 Å². The van der Waals surface area contributed by atoms with E-state index in [1.54, 1.807) is 12.0 Å². The zero-order valence-electron chi connectivity index (χ0n) is 23.2. The summed E-state index contributed by atoms with van der Waals surface area (Å²) < 4.78 is 11.7. The number of aryl methyl sites for hydroxylation is 2. The van der Waals surface area contributed by atoms with E-state index in [-0.39, 0.29) is 23.8 Å². The predicted octanol–water partition coefficient (Wildman–Crippen LogP) is 3.37. The second kappa shape index (κ2) is 10.5. The maximum absolute atomic E-state index is 14.0. The van der Waals surface area contributed by atoms with Gasteiger partial charge >= 0.3 is 0 Å². The SMILES string of the molecule is COCCCN1C(=O)C2C(C(=O)Nc3ccc(C)c(C)c3)C3C=CC2(O3)C1C(=O)NC1CCCC(C)C1C. The van der Waals surface area contributed by atoms with Gasteiger partial charge in [-0.15, -0.1) is 0 Å².